The van der Waals surface area contributed by atoms with Gasteiger partial charge in [-0.25, -0.2) is 22.8 Å². The molecule has 3 aromatic rings. The molecule has 188 valence electrons. The van der Waals surface area contributed by atoms with Gasteiger partial charge in [0.2, 0.25) is 5.75 Å². The monoisotopic (exact) mass is 522 g/mol. The van der Waals surface area contributed by atoms with Crippen molar-refractivity contribution in [2.75, 3.05) is 42.8 Å². The first-order chi connectivity index (χ1) is 16.7. The number of aromatic amines is 1. The fourth-order valence-electron chi connectivity index (χ4n) is 3.60. The lowest BCUT2D eigenvalue weighted by molar-refractivity contribution is 0.0981. The van der Waals surface area contributed by atoms with Crippen LogP contribution in [0, 0.1) is 12.7 Å². The maximum Gasteiger partial charge on any atom is 0.204 e. The molecule has 3 heterocycles. The van der Waals surface area contributed by atoms with Crippen LogP contribution < -0.4 is 15.0 Å². The van der Waals surface area contributed by atoms with E-state index in [2.05, 4.69) is 25.4 Å². The first-order valence-electron chi connectivity index (χ1n) is 11.0. The first-order valence-corrected chi connectivity index (χ1v) is 13.5. The fraction of sp³-hybridized carbons (Fsp3) is 0.409. The molecule has 35 heavy (non-hydrogen) atoms. The van der Waals surface area contributed by atoms with Crippen LogP contribution >= 0.6 is 11.8 Å². The largest absolute Gasteiger partial charge is 0.490 e. The Morgan fingerprint density at radius 2 is 2.14 bits per heavy atom. The van der Waals surface area contributed by atoms with E-state index in [1.165, 1.54) is 26.2 Å². The van der Waals surface area contributed by atoms with E-state index in [0.717, 1.165) is 23.5 Å². The summed E-state index contributed by atoms with van der Waals surface area (Å²) in [5, 5.41) is 10.5. The van der Waals surface area contributed by atoms with Gasteiger partial charge in [0, 0.05) is 18.3 Å². The zero-order valence-corrected chi connectivity index (χ0v) is 21.5. The van der Waals surface area contributed by atoms with Crippen molar-refractivity contribution in [2.24, 2.45) is 0 Å². The van der Waals surface area contributed by atoms with Crippen molar-refractivity contribution < 1.29 is 22.3 Å². The minimum Gasteiger partial charge on any atom is -0.490 e. The van der Waals surface area contributed by atoms with Crippen molar-refractivity contribution in [3.05, 3.63) is 35.8 Å². The molecule has 0 spiro atoms. The third-order valence-corrected chi connectivity index (χ3v) is 8.12. The molecule has 0 bridgehead atoms. The van der Waals surface area contributed by atoms with Crippen LogP contribution in [-0.2, 0) is 14.6 Å². The molecule has 1 saturated heterocycles. The molecule has 0 radical (unpaired) electrons. The molecule has 1 aliphatic rings. The van der Waals surface area contributed by atoms with Crippen LogP contribution in [0.25, 0.3) is 0 Å². The summed E-state index contributed by atoms with van der Waals surface area (Å²) >= 11 is 0.996. The predicted molar refractivity (Wildman–Crippen MR) is 131 cm³/mol. The Balaban J connectivity index is 1.76. The lowest BCUT2D eigenvalue weighted by Gasteiger charge is -2.35. The maximum absolute atomic E-state index is 14.9. The van der Waals surface area contributed by atoms with Crippen molar-refractivity contribution in [1.82, 2.24) is 20.2 Å². The number of aryl methyl sites for hydroxylation is 1. The Labute approximate surface area is 207 Å². The van der Waals surface area contributed by atoms with Gasteiger partial charge in [0.25, 0.3) is 0 Å². The standard InChI is InChI=1S/C22H27FN6O4S2/c1-5-35(30,31)15-6-7-17(16(23)11-15)34-22-25-20(24-18-10-13(2)27-28-18)19(32-4)21(26-22)29-8-9-33-12-14(29)3/h6-7,10-11,14H,5,8-9,12H2,1-4H3,(H2,24,25,26,27,28)/t14-/m0/s1. The van der Waals surface area contributed by atoms with E-state index in [1.54, 1.807) is 0 Å². The average Bonchev–Trinajstić information content (AvgIpc) is 3.24. The van der Waals surface area contributed by atoms with Gasteiger partial charge in [-0.2, -0.15) is 5.10 Å². The van der Waals surface area contributed by atoms with Crippen LogP contribution in [0.2, 0.25) is 0 Å². The van der Waals surface area contributed by atoms with E-state index in [9.17, 15) is 12.8 Å². The minimum atomic E-state index is -3.52. The van der Waals surface area contributed by atoms with Gasteiger partial charge in [0.1, 0.15) is 5.82 Å². The topological polar surface area (TPSA) is 122 Å². The number of aromatic nitrogens is 4. The van der Waals surface area contributed by atoms with Gasteiger partial charge >= 0.3 is 0 Å². The molecule has 1 atom stereocenters. The minimum absolute atomic E-state index is 0.0288. The average molecular weight is 523 g/mol. The summed E-state index contributed by atoms with van der Waals surface area (Å²) in [5.41, 5.74) is 0.862. The molecule has 2 aromatic heterocycles. The molecule has 0 amide bonds. The van der Waals surface area contributed by atoms with E-state index in [4.69, 9.17) is 14.5 Å². The van der Waals surface area contributed by atoms with Crippen molar-refractivity contribution in [3.63, 3.8) is 0 Å². The number of H-pyrrole nitrogens is 1. The third kappa shape index (κ3) is 5.52. The number of hydrogen-bond acceptors (Lipinski definition) is 10. The Morgan fingerprint density at radius 3 is 2.77 bits per heavy atom. The summed E-state index contributed by atoms with van der Waals surface area (Å²) in [7, 11) is -1.99. The van der Waals surface area contributed by atoms with Crippen LogP contribution in [0.4, 0.5) is 21.8 Å². The van der Waals surface area contributed by atoms with E-state index >= 15 is 0 Å². The molecule has 1 fully saturated rings. The Bertz CT molecular complexity index is 1320. The molecular weight excluding hydrogens is 495 g/mol. The first kappa shape index (κ1) is 25.2. The van der Waals surface area contributed by atoms with Gasteiger partial charge in [-0.3, -0.25) is 5.10 Å². The number of nitrogens with one attached hydrogen (secondary N) is 2. The highest BCUT2D eigenvalue weighted by atomic mass is 32.2. The fourth-order valence-corrected chi connectivity index (χ4v) is 5.25. The van der Waals surface area contributed by atoms with E-state index < -0.39 is 15.7 Å². The quantitative estimate of drug-likeness (QED) is 0.425. The Morgan fingerprint density at radius 1 is 1.34 bits per heavy atom. The molecule has 0 aliphatic carbocycles. The number of methoxy groups -OCH3 is 1. The summed E-state index contributed by atoms with van der Waals surface area (Å²) in [6.07, 6.45) is 0. The number of rotatable bonds is 8. The van der Waals surface area contributed by atoms with Crippen molar-refractivity contribution in [3.8, 4) is 5.75 Å². The second kappa shape index (κ2) is 10.4. The summed E-state index contributed by atoms with van der Waals surface area (Å²) < 4.78 is 50.4. The van der Waals surface area contributed by atoms with Crippen molar-refractivity contribution in [2.45, 2.75) is 41.8 Å². The van der Waals surface area contributed by atoms with E-state index in [0.29, 0.717) is 43.0 Å². The molecule has 2 N–H and O–H groups in total. The molecular formula is C22H27FN6O4S2. The molecule has 10 nitrogen and oxygen atoms in total. The highest BCUT2D eigenvalue weighted by molar-refractivity contribution is 7.99. The lowest BCUT2D eigenvalue weighted by atomic mass is 10.2. The van der Waals surface area contributed by atoms with Gasteiger partial charge in [-0.05, 0) is 43.8 Å². The zero-order valence-electron chi connectivity index (χ0n) is 19.8. The third-order valence-electron chi connectivity index (χ3n) is 5.47. The number of morpholine rings is 1. The van der Waals surface area contributed by atoms with Gasteiger partial charge < -0.3 is 19.7 Å². The molecule has 1 aliphatic heterocycles. The van der Waals surface area contributed by atoms with Crippen LogP contribution in [0.1, 0.15) is 19.5 Å². The van der Waals surface area contributed by atoms with E-state index in [-0.39, 0.29) is 26.7 Å². The lowest BCUT2D eigenvalue weighted by Crippen LogP contribution is -2.44. The molecule has 1 aromatic carbocycles. The summed E-state index contributed by atoms with van der Waals surface area (Å²) in [4.78, 5) is 11.5. The summed E-state index contributed by atoms with van der Waals surface area (Å²) in [6.45, 7) is 7.07. The summed E-state index contributed by atoms with van der Waals surface area (Å²) in [5.74, 6) is 1.11. The molecule has 0 saturated carbocycles. The van der Waals surface area contributed by atoms with Gasteiger partial charge in [-0.1, -0.05) is 6.92 Å². The van der Waals surface area contributed by atoms with Crippen LogP contribution in [0.15, 0.2) is 39.2 Å². The number of anilines is 3. The summed E-state index contributed by atoms with van der Waals surface area (Å²) in [6, 6.07) is 5.70. The number of ether oxygens (including phenoxy) is 2. The van der Waals surface area contributed by atoms with E-state index in [1.807, 2.05) is 19.9 Å². The second-order valence-electron chi connectivity index (χ2n) is 7.99. The highest BCUT2D eigenvalue weighted by Crippen LogP contribution is 2.39. The Hall–Kier alpha value is -2.90. The second-order valence-corrected chi connectivity index (χ2v) is 11.3. The Kier molecular flexibility index (Phi) is 7.47. The van der Waals surface area contributed by atoms with Crippen LogP contribution in [-0.4, -0.2) is 67.2 Å². The number of halogens is 1. The van der Waals surface area contributed by atoms with Crippen molar-refractivity contribution >= 4 is 39.1 Å². The van der Waals surface area contributed by atoms with Gasteiger partial charge in [0.05, 0.1) is 41.9 Å². The normalized spacial score (nSPS) is 16.4. The number of benzene rings is 1. The number of hydrogen-bond donors (Lipinski definition) is 2. The number of sulfone groups is 1. The number of nitrogens with zero attached hydrogens (tertiary/aromatic N) is 4. The smallest absolute Gasteiger partial charge is 0.204 e. The van der Waals surface area contributed by atoms with Crippen LogP contribution in [0.5, 0.6) is 5.75 Å². The molecule has 4 rings (SSSR count). The predicted octanol–water partition coefficient (Wildman–Crippen LogP) is 3.57. The maximum atomic E-state index is 14.9. The van der Waals surface area contributed by atoms with Gasteiger partial charge in [-0.15, -0.1) is 0 Å². The zero-order chi connectivity index (χ0) is 25.2. The molecule has 13 heteroatoms. The van der Waals surface area contributed by atoms with Crippen molar-refractivity contribution in [1.29, 1.82) is 0 Å². The SMILES string of the molecule is CCS(=O)(=O)c1ccc(Sc2nc(Nc3cc(C)[nH]n3)c(OC)c(N3CCOC[C@@H]3C)n2)c(F)c1. The highest BCUT2D eigenvalue weighted by Gasteiger charge is 2.27. The van der Waals surface area contributed by atoms with Crippen LogP contribution in [0.3, 0.4) is 0 Å². The molecule has 0 unspecified atom stereocenters. The van der Waals surface area contributed by atoms with Gasteiger partial charge in [0.15, 0.2) is 32.4 Å².